The molecular weight excluding hydrogens is 318 g/mol. The molecule has 2 rings (SSSR count). The maximum absolute atomic E-state index is 11.8. The van der Waals surface area contributed by atoms with Crippen LogP contribution in [0.1, 0.15) is 26.2 Å². The van der Waals surface area contributed by atoms with Crippen LogP contribution in [0.3, 0.4) is 0 Å². The standard InChI is InChI=1S/C15H22BrN3O/c1-11(17)2-7-15(20)18-13-8-9-19(10-13)14-5-3-12(16)4-6-14/h3-6,11,13H,2,7-10,17H2,1H3,(H,18,20). The van der Waals surface area contributed by atoms with Crippen LogP contribution >= 0.6 is 15.9 Å². The topological polar surface area (TPSA) is 58.4 Å². The minimum Gasteiger partial charge on any atom is -0.369 e. The van der Waals surface area contributed by atoms with E-state index >= 15 is 0 Å². The number of hydrogen-bond acceptors (Lipinski definition) is 3. The highest BCUT2D eigenvalue weighted by Gasteiger charge is 2.23. The molecule has 1 heterocycles. The molecule has 1 fully saturated rings. The number of nitrogens with one attached hydrogen (secondary N) is 1. The van der Waals surface area contributed by atoms with Gasteiger partial charge in [0.1, 0.15) is 0 Å². The predicted octanol–water partition coefficient (Wildman–Crippen LogP) is 2.27. The van der Waals surface area contributed by atoms with Gasteiger partial charge in [0.25, 0.3) is 0 Å². The number of benzene rings is 1. The van der Waals surface area contributed by atoms with Gasteiger partial charge in [-0.1, -0.05) is 15.9 Å². The molecule has 1 saturated heterocycles. The highest BCUT2D eigenvalue weighted by atomic mass is 79.9. The molecule has 0 radical (unpaired) electrons. The number of nitrogens with zero attached hydrogens (tertiary/aromatic N) is 1. The molecule has 0 aromatic heterocycles. The van der Waals surface area contributed by atoms with Crippen LogP contribution in [0, 0.1) is 0 Å². The Kier molecular flexibility index (Phi) is 5.43. The van der Waals surface area contributed by atoms with Crippen molar-refractivity contribution >= 4 is 27.5 Å². The van der Waals surface area contributed by atoms with Crippen molar-refractivity contribution in [2.24, 2.45) is 5.73 Å². The summed E-state index contributed by atoms with van der Waals surface area (Å²) >= 11 is 3.44. The zero-order valence-corrected chi connectivity index (χ0v) is 13.4. The van der Waals surface area contributed by atoms with Crippen LogP contribution in [0.4, 0.5) is 5.69 Å². The van der Waals surface area contributed by atoms with Crippen LogP contribution < -0.4 is 16.0 Å². The second-order valence-corrected chi connectivity index (χ2v) is 6.41. The second-order valence-electron chi connectivity index (χ2n) is 5.49. The largest absolute Gasteiger partial charge is 0.369 e. The van der Waals surface area contributed by atoms with Crippen molar-refractivity contribution in [2.45, 2.75) is 38.3 Å². The molecule has 1 amide bonds. The number of anilines is 1. The molecule has 2 unspecified atom stereocenters. The number of rotatable bonds is 5. The van der Waals surface area contributed by atoms with E-state index in [2.05, 4.69) is 38.3 Å². The zero-order valence-electron chi connectivity index (χ0n) is 11.8. The summed E-state index contributed by atoms with van der Waals surface area (Å²) in [6, 6.07) is 8.63. The van der Waals surface area contributed by atoms with Gasteiger partial charge in [0.15, 0.2) is 0 Å². The maximum Gasteiger partial charge on any atom is 0.220 e. The molecule has 4 nitrogen and oxygen atoms in total. The number of carbonyl (C=O) groups is 1. The Bertz CT molecular complexity index is 447. The van der Waals surface area contributed by atoms with Crippen LogP contribution in [0.2, 0.25) is 0 Å². The lowest BCUT2D eigenvalue weighted by molar-refractivity contribution is -0.121. The zero-order chi connectivity index (χ0) is 14.5. The monoisotopic (exact) mass is 339 g/mol. The molecule has 0 bridgehead atoms. The van der Waals surface area contributed by atoms with E-state index in [-0.39, 0.29) is 18.0 Å². The second kappa shape index (κ2) is 7.09. The van der Waals surface area contributed by atoms with Gasteiger partial charge in [-0.3, -0.25) is 4.79 Å². The fourth-order valence-corrected chi connectivity index (χ4v) is 2.69. The maximum atomic E-state index is 11.8. The Morgan fingerprint density at radius 3 is 2.85 bits per heavy atom. The molecule has 20 heavy (non-hydrogen) atoms. The van der Waals surface area contributed by atoms with Gasteiger partial charge in [0.2, 0.25) is 5.91 Å². The molecular formula is C15H22BrN3O. The van der Waals surface area contributed by atoms with Crippen LogP contribution in [0.25, 0.3) is 0 Å². The Morgan fingerprint density at radius 2 is 2.20 bits per heavy atom. The third-order valence-corrected chi connectivity index (χ3v) is 4.10. The Balaban J connectivity index is 1.80. The van der Waals surface area contributed by atoms with Gasteiger partial charge in [-0.05, 0) is 44.0 Å². The molecule has 3 N–H and O–H groups in total. The van der Waals surface area contributed by atoms with Crippen molar-refractivity contribution < 1.29 is 4.79 Å². The summed E-state index contributed by atoms with van der Waals surface area (Å²) in [5.41, 5.74) is 6.88. The van der Waals surface area contributed by atoms with Crippen LogP contribution in [0.5, 0.6) is 0 Å². The van der Waals surface area contributed by atoms with Gasteiger partial charge in [-0.2, -0.15) is 0 Å². The number of hydrogen-bond donors (Lipinski definition) is 2. The molecule has 0 aliphatic carbocycles. The Labute approximate surface area is 128 Å². The van der Waals surface area contributed by atoms with E-state index in [0.717, 1.165) is 30.4 Å². The van der Waals surface area contributed by atoms with E-state index in [1.807, 2.05) is 19.1 Å². The quantitative estimate of drug-likeness (QED) is 0.865. The number of nitrogens with two attached hydrogens (primary N) is 1. The minimum atomic E-state index is 0.0867. The fraction of sp³-hybridized carbons (Fsp3) is 0.533. The number of carbonyl (C=O) groups excluding carboxylic acids is 1. The first-order chi connectivity index (χ1) is 9.54. The van der Waals surface area contributed by atoms with E-state index in [0.29, 0.717) is 6.42 Å². The lowest BCUT2D eigenvalue weighted by Crippen LogP contribution is -2.37. The van der Waals surface area contributed by atoms with E-state index in [9.17, 15) is 4.79 Å². The molecule has 5 heteroatoms. The van der Waals surface area contributed by atoms with Gasteiger partial charge in [-0.15, -0.1) is 0 Å². The molecule has 110 valence electrons. The van der Waals surface area contributed by atoms with Crippen molar-refractivity contribution in [3.05, 3.63) is 28.7 Å². The van der Waals surface area contributed by atoms with E-state index < -0.39 is 0 Å². The molecule has 0 saturated carbocycles. The summed E-state index contributed by atoms with van der Waals surface area (Å²) in [6.45, 7) is 3.80. The van der Waals surface area contributed by atoms with Gasteiger partial charge in [-0.25, -0.2) is 0 Å². The van der Waals surface area contributed by atoms with Crippen LogP contribution in [-0.4, -0.2) is 31.1 Å². The highest BCUT2D eigenvalue weighted by Crippen LogP contribution is 2.22. The average molecular weight is 340 g/mol. The predicted molar refractivity (Wildman–Crippen MR) is 85.8 cm³/mol. The first-order valence-electron chi connectivity index (χ1n) is 7.10. The number of amides is 1. The first-order valence-corrected chi connectivity index (χ1v) is 7.89. The van der Waals surface area contributed by atoms with Gasteiger partial charge < -0.3 is 16.0 Å². The average Bonchev–Trinajstić information content (AvgIpc) is 2.85. The third kappa shape index (κ3) is 4.49. The molecule has 1 aliphatic heterocycles. The van der Waals surface area contributed by atoms with E-state index in [1.165, 1.54) is 5.69 Å². The minimum absolute atomic E-state index is 0.0867. The Morgan fingerprint density at radius 1 is 1.50 bits per heavy atom. The number of halogens is 1. The molecule has 1 aliphatic rings. The smallest absolute Gasteiger partial charge is 0.220 e. The van der Waals surface area contributed by atoms with E-state index in [1.54, 1.807) is 0 Å². The van der Waals surface area contributed by atoms with Crippen molar-refractivity contribution in [1.29, 1.82) is 0 Å². The summed E-state index contributed by atoms with van der Waals surface area (Å²) < 4.78 is 1.08. The summed E-state index contributed by atoms with van der Waals surface area (Å²) in [7, 11) is 0. The summed E-state index contributed by atoms with van der Waals surface area (Å²) in [5, 5.41) is 3.10. The van der Waals surface area contributed by atoms with Gasteiger partial charge in [0, 0.05) is 41.8 Å². The summed E-state index contributed by atoms with van der Waals surface area (Å²) in [4.78, 5) is 14.1. The molecule has 1 aromatic rings. The van der Waals surface area contributed by atoms with Crippen molar-refractivity contribution in [1.82, 2.24) is 5.32 Å². The lowest BCUT2D eigenvalue weighted by Gasteiger charge is -2.19. The highest BCUT2D eigenvalue weighted by molar-refractivity contribution is 9.10. The molecule has 0 spiro atoms. The van der Waals surface area contributed by atoms with Crippen molar-refractivity contribution in [2.75, 3.05) is 18.0 Å². The van der Waals surface area contributed by atoms with Crippen molar-refractivity contribution in [3.8, 4) is 0 Å². The summed E-state index contributed by atoms with van der Waals surface area (Å²) in [5.74, 6) is 0.116. The van der Waals surface area contributed by atoms with Crippen LogP contribution in [-0.2, 0) is 4.79 Å². The van der Waals surface area contributed by atoms with Gasteiger partial charge in [0.05, 0.1) is 0 Å². The van der Waals surface area contributed by atoms with Gasteiger partial charge >= 0.3 is 0 Å². The summed E-state index contributed by atoms with van der Waals surface area (Å²) in [6.07, 6.45) is 2.27. The SMILES string of the molecule is CC(N)CCC(=O)NC1CCN(c2ccc(Br)cc2)C1. The van der Waals surface area contributed by atoms with Crippen molar-refractivity contribution in [3.63, 3.8) is 0 Å². The molecule has 1 aromatic carbocycles. The third-order valence-electron chi connectivity index (χ3n) is 3.57. The van der Waals surface area contributed by atoms with Crippen LogP contribution in [0.15, 0.2) is 28.7 Å². The first kappa shape index (κ1) is 15.3. The Hall–Kier alpha value is -1.07. The normalized spacial score (nSPS) is 19.9. The molecule has 2 atom stereocenters. The lowest BCUT2D eigenvalue weighted by atomic mass is 10.2. The fourth-order valence-electron chi connectivity index (χ4n) is 2.42. The van der Waals surface area contributed by atoms with E-state index in [4.69, 9.17) is 5.73 Å².